The minimum Gasteiger partial charge on any atom is -0.495 e. The smallest absolute Gasteiger partial charge is 0.231 e. The van der Waals surface area contributed by atoms with Crippen molar-refractivity contribution in [2.24, 2.45) is 5.14 Å². The molecule has 0 amide bonds. The standard InChI is InChI=1S/C9H12N2O3S/c1-14-9-3-2-7(6-8(9)10)4-5-15(11,12)13/h2-6H,10H2,1H3,(H2,11,12,13)/b5-4-. The molecule has 0 fully saturated rings. The molecule has 0 heterocycles. The van der Waals surface area contributed by atoms with Gasteiger partial charge < -0.3 is 10.5 Å². The summed E-state index contributed by atoms with van der Waals surface area (Å²) in [4.78, 5) is 0. The highest BCUT2D eigenvalue weighted by Gasteiger charge is 1.99. The first-order chi connectivity index (χ1) is 6.92. The summed E-state index contributed by atoms with van der Waals surface area (Å²) >= 11 is 0. The number of sulfonamides is 1. The van der Waals surface area contributed by atoms with Crippen molar-refractivity contribution in [2.45, 2.75) is 0 Å². The Morgan fingerprint density at radius 3 is 2.53 bits per heavy atom. The van der Waals surface area contributed by atoms with Crippen molar-refractivity contribution in [3.8, 4) is 5.75 Å². The lowest BCUT2D eigenvalue weighted by molar-refractivity contribution is 0.417. The number of rotatable bonds is 3. The van der Waals surface area contributed by atoms with E-state index in [1.807, 2.05) is 0 Å². The normalized spacial score (nSPS) is 11.9. The van der Waals surface area contributed by atoms with Crippen LogP contribution in [0.25, 0.3) is 6.08 Å². The topological polar surface area (TPSA) is 95.4 Å². The van der Waals surface area contributed by atoms with E-state index in [2.05, 4.69) is 0 Å². The summed E-state index contributed by atoms with van der Waals surface area (Å²) in [6.07, 6.45) is 1.37. The number of benzene rings is 1. The molecule has 0 atom stereocenters. The number of ether oxygens (including phenoxy) is 1. The second-order valence-corrected chi connectivity index (χ2v) is 4.34. The van der Waals surface area contributed by atoms with E-state index in [0.717, 1.165) is 5.41 Å². The van der Waals surface area contributed by atoms with E-state index in [1.165, 1.54) is 13.2 Å². The monoisotopic (exact) mass is 228 g/mol. The van der Waals surface area contributed by atoms with Crippen LogP contribution in [0.4, 0.5) is 5.69 Å². The fourth-order valence-electron chi connectivity index (χ4n) is 1.03. The molecule has 0 unspecified atom stereocenters. The summed E-state index contributed by atoms with van der Waals surface area (Å²) in [6, 6.07) is 4.93. The predicted molar refractivity (Wildman–Crippen MR) is 59.5 cm³/mol. The van der Waals surface area contributed by atoms with Gasteiger partial charge in [0.05, 0.1) is 12.8 Å². The van der Waals surface area contributed by atoms with Crippen molar-refractivity contribution < 1.29 is 13.2 Å². The van der Waals surface area contributed by atoms with Crippen LogP contribution in [0.5, 0.6) is 5.75 Å². The fraction of sp³-hybridized carbons (Fsp3) is 0.111. The molecule has 1 aromatic carbocycles. The summed E-state index contributed by atoms with van der Waals surface area (Å²) in [7, 11) is -2.10. The highest BCUT2D eigenvalue weighted by molar-refractivity contribution is 7.92. The van der Waals surface area contributed by atoms with E-state index < -0.39 is 10.0 Å². The van der Waals surface area contributed by atoms with Crippen LogP contribution in [0.2, 0.25) is 0 Å². The molecule has 0 aliphatic heterocycles. The maximum Gasteiger partial charge on any atom is 0.231 e. The number of primary sulfonamides is 1. The molecule has 1 rings (SSSR count). The van der Waals surface area contributed by atoms with E-state index in [0.29, 0.717) is 17.0 Å². The van der Waals surface area contributed by atoms with Gasteiger partial charge in [0.2, 0.25) is 10.0 Å². The second kappa shape index (κ2) is 4.33. The Labute approximate surface area is 88.4 Å². The molecule has 0 radical (unpaired) electrons. The Bertz CT molecular complexity index is 480. The molecule has 5 nitrogen and oxygen atoms in total. The van der Waals surface area contributed by atoms with Crippen LogP contribution in [0, 0.1) is 0 Å². The molecule has 6 heteroatoms. The Morgan fingerprint density at radius 2 is 2.07 bits per heavy atom. The number of methoxy groups -OCH3 is 1. The van der Waals surface area contributed by atoms with Crippen molar-refractivity contribution in [1.29, 1.82) is 0 Å². The van der Waals surface area contributed by atoms with Gasteiger partial charge in [0.25, 0.3) is 0 Å². The first kappa shape index (κ1) is 11.5. The minimum atomic E-state index is -3.60. The van der Waals surface area contributed by atoms with E-state index in [9.17, 15) is 8.42 Å². The molecule has 0 saturated carbocycles. The van der Waals surface area contributed by atoms with Gasteiger partial charge in [-0.15, -0.1) is 0 Å². The van der Waals surface area contributed by atoms with Gasteiger partial charge in [-0.2, -0.15) is 0 Å². The lowest BCUT2D eigenvalue weighted by Gasteiger charge is -2.04. The summed E-state index contributed by atoms with van der Waals surface area (Å²) in [5.41, 5.74) is 6.71. The average molecular weight is 228 g/mol. The molecular formula is C9H12N2O3S. The third-order valence-electron chi connectivity index (χ3n) is 1.70. The fourth-order valence-corrected chi connectivity index (χ4v) is 1.38. The number of hydrogen-bond acceptors (Lipinski definition) is 4. The first-order valence-electron chi connectivity index (χ1n) is 4.07. The van der Waals surface area contributed by atoms with Crippen LogP contribution >= 0.6 is 0 Å². The van der Waals surface area contributed by atoms with Crippen LogP contribution in [0.3, 0.4) is 0 Å². The number of nitrogen functional groups attached to an aromatic ring is 1. The minimum absolute atomic E-state index is 0.439. The molecular weight excluding hydrogens is 216 g/mol. The lowest BCUT2D eigenvalue weighted by atomic mass is 10.2. The average Bonchev–Trinajstić information content (AvgIpc) is 2.14. The van der Waals surface area contributed by atoms with E-state index in [-0.39, 0.29) is 0 Å². The Hall–Kier alpha value is -1.53. The van der Waals surface area contributed by atoms with Gasteiger partial charge in [-0.05, 0) is 23.8 Å². The highest BCUT2D eigenvalue weighted by atomic mass is 32.2. The summed E-state index contributed by atoms with van der Waals surface area (Å²) < 4.78 is 26.2. The van der Waals surface area contributed by atoms with Gasteiger partial charge >= 0.3 is 0 Å². The van der Waals surface area contributed by atoms with E-state index >= 15 is 0 Å². The SMILES string of the molecule is COc1ccc(/C=C\S(N)(=O)=O)cc1N. The second-order valence-electron chi connectivity index (χ2n) is 2.89. The molecule has 15 heavy (non-hydrogen) atoms. The molecule has 0 spiro atoms. The molecule has 0 aliphatic rings. The van der Waals surface area contributed by atoms with Crippen LogP contribution in [0.15, 0.2) is 23.6 Å². The van der Waals surface area contributed by atoms with Crippen LogP contribution in [-0.2, 0) is 10.0 Å². The van der Waals surface area contributed by atoms with E-state index in [4.69, 9.17) is 15.6 Å². The largest absolute Gasteiger partial charge is 0.495 e. The zero-order valence-electron chi connectivity index (χ0n) is 8.17. The van der Waals surface area contributed by atoms with Gasteiger partial charge in [0.1, 0.15) is 5.75 Å². The maximum atomic E-state index is 10.6. The molecule has 0 bridgehead atoms. The van der Waals surface area contributed by atoms with Gasteiger partial charge in [-0.25, -0.2) is 13.6 Å². The first-order valence-corrected chi connectivity index (χ1v) is 5.68. The third kappa shape index (κ3) is 3.61. The number of anilines is 1. The van der Waals surface area contributed by atoms with Crippen LogP contribution < -0.4 is 15.6 Å². The van der Waals surface area contributed by atoms with Crippen LogP contribution in [-0.4, -0.2) is 15.5 Å². The summed E-state index contributed by atoms with van der Waals surface area (Å²) in [5, 5.41) is 5.72. The predicted octanol–water partition coefficient (Wildman–Crippen LogP) is 0.537. The lowest BCUT2D eigenvalue weighted by Crippen LogP contribution is -2.06. The van der Waals surface area contributed by atoms with Gasteiger partial charge in [-0.3, -0.25) is 0 Å². The summed E-state index contributed by atoms with van der Waals surface area (Å²) in [6.45, 7) is 0. The number of hydrogen-bond donors (Lipinski definition) is 2. The molecule has 1 aromatic rings. The zero-order chi connectivity index (χ0) is 11.5. The van der Waals surface area contributed by atoms with E-state index in [1.54, 1.807) is 18.2 Å². The molecule has 0 aromatic heterocycles. The summed E-state index contributed by atoms with van der Waals surface area (Å²) in [5.74, 6) is 0.544. The quantitative estimate of drug-likeness (QED) is 0.738. The van der Waals surface area contributed by atoms with Crippen molar-refractivity contribution >= 4 is 21.8 Å². The molecule has 82 valence electrons. The van der Waals surface area contributed by atoms with Crippen molar-refractivity contribution in [3.05, 3.63) is 29.2 Å². The molecule has 0 saturated heterocycles. The highest BCUT2D eigenvalue weighted by Crippen LogP contribution is 2.22. The van der Waals surface area contributed by atoms with Crippen molar-refractivity contribution in [2.75, 3.05) is 12.8 Å². The Balaban J connectivity index is 2.99. The zero-order valence-corrected chi connectivity index (χ0v) is 8.99. The third-order valence-corrected chi connectivity index (χ3v) is 2.22. The van der Waals surface area contributed by atoms with Gasteiger partial charge in [-0.1, -0.05) is 6.07 Å². The Kier molecular flexibility index (Phi) is 3.33. The molecule has 4 N–H and O–H groups in total. The van der Waals surface area contributed by atoms with Crippen molar-refractivity contribution in [3.63, 3.8) is 0 Å². The van der Waals surface area contributed by atoms with Crippen molar-refractivity contribution in [1.82, 2.24) is 0 Å². The van der Waals surface area contributed by atoms with Gasteiger partial charge in [0, 0.05) is 5.41 Å². The maximum absolute atomic E-state index is 10.6. The molecule has 0 aliphatic carbocycles. The van der Waals surface area contributed by atoms with Crippen LogP contribution in [0.1, 0.15) is 5.56 Å². The van der Waals surface area contributed by atoms with Gasteiger partial charge in [0.15, 0.2) is 0 Å². The Morgan fingerprint density at radius 1 is 1.40 bits per heavy atom. The number of nitrogens with two attached hydrogens (primary N) is 2.